The quantitative estimate of drug-likeness (QED) is 0.705. The molecule has 132 valence electrons. The Kier molecular flexibility index (Phi) is 4.07. The van der Waals surface area contributed by atoms with E-state index >= 15 is 0 Å². The third-order valence-corrected chi connectivity index (χ3v) is 5.09. The Balaban J connectivity index is 1.82. The van der Waals surface area contributed by atoms with E-state index in [0.717, 1.165) is 12.0 Å². The highest BCUT2D eigenvalue weighted by Gasteiger charge is 2.37. The lowest BCUT2D eigenvalue weighted by Gasteiger charge is -2.38. The van der Waals surface area contributed by atoms with Crippen LogP contribution >= 0.6 is 0 Å². The molecule has 5 heteroatoms. The maximum absolute atomic E-state index is 12.4. The van der Waals surface area contributed by atoms with Gasteiger partial charge in [-0.05, 0) is 31.4 Å². The van der Waals surface area contributed by atoms with Crippen LogP contribution in [0.1, 0.15) is 47.7 Å². The second kappa shape index (κ2) is 6.41. The molecule has 1 aliphatic rings. The number of hydrogen-bond acceptors (Lipinski definition) is 3. The van der Waals surface area contributed by atoms with Gasteiger partial charge in [-0.15, -0.1) is 0 Å². The maximum atomic E-state index is 12.4. The van der Waals surface area contributed by atoms with E-state index < -0.39 is 0 Å². The van der Waals surface area contributed by atoms with Gasteiger partial charge in [-0.1, -0.05) is 59.7 Å². The van der Waals surface area contributed by atoms with Crippen molar-refractivity contribution in [2.24, 2.45) is 0 Å². The van der Waals surface area contributed by atoms with Crippen LogP contribution in [-0.4, -0.2) is 20.7 Å². The van der Waals surface area contributed by atoms with E-state index in [1.807, 2.05) is 4.68 Å². The van der Waals surface area contributed by atoms with Gasteiger partial charge >= 0.3 is 0 Å². The van der Waals surface area contributed by atoms with E-state index in [4.69, 9.17) is 0 Å². The fraction of sp³-hybridized carbons (Fsp3) is 0.286. The molecule has 0 saturated carbocycles. The smallest absolute Gasteiger partial charge is 0.231 e. The number of amides is 1. The first-order valence-electron chi connectivity index (χ1n) is 8.87. The highest BCUT2D eigenvalue weighted by molar-refractivity contribution is 5.90. The Bertz CT molecular complexity index is 927. The number of carbonyl (C=O) groups excluding carboxylic acids is 1. The van der Waals surface area contributed by atoms with Gasteiger partial charge in [0.1, 0.15) is 6.33 Å². The predicted octanol–water partition coefficient (Wildman–Crippen LogP) is 3.98. The number of rotatable bonds is 2. The fourth-order valence-electron chi connectivity index (χ4n) is 3.69. The van der Waals surface area contributed by atoms with Crippen molar-refractivity contribution in [2.75, 3.05) is 4.90 Å². The first kappa shape index (κ1) is 16.5. The highest BCUT2D eigenvalue weighted by atomic mass is 16.2. The number of anilines is 1. The maximum Gasteiger partial charge on any atom is 0.231 e. The molecule has 1 aromatic heterocycles. The van der Waals surface area contributed by atoms with Crippen molar-refractivity contribution < 1.29 is 4.79 Å². The third kappa shape index (κ3) is 2.79. The summed E-state index contributed by atoms with van der Waals surface area (Å²) in [5.41, 5.74) is 4.74. The van der Waals surface area contributed by atoms with Crippen LogP contribution < -0.4 is 4.90 Å². The zero-order chi connectivity index (χ0) is 18.3. The molecule has 1 aliphatic heterocycles. The van der Waals surface area contributed by atoms with Crippen LogP contribution in [0.15, 0.2) is 54.9 Å². The number of aromatic nitrogens is 3. The molecule has 26 heavy (non-hydrogen) atoms. The summed E-state index contributed by atoms with van der Waals surface area (Å²) in [6, 6.07) is 16.9. The largest absolute Gasteiger partial charge is 0.275 e. The van der Waals surface area contributed by atoms with Crippen LogP contribution in [0, 0.1) is 13.8 Å². The summed E-state index contributed by atoms with van der Waals surface area (Å²) in [6.45, 7) is 5.74. The standard InChI is InChI=1S/C21H22N4O/c1-14-4-8-17(9-5-14)19-12-20(18-10-6-15(2)7-11-18)25-21(22-13-23-25)24(19)16(3)26/h4-11,13,19-20H,12H2,1-3H3/t19-,20+/m0/s1. The second-order valence-corrected chi connectivity index (χ2v) is 6.98. The van der Waals surface area contributed by atoms with Crippen molar-refractivity contribution in [3.8, 4) is 0 Å². The van der Waals surface area contributed by atoms with Crippen LogP contribution in [0.25, 0.3) is 0 Å². The van der Waals surface area contributed by atoms with Crippen molar-refractivity contribution in [3.63, 3.8) is 0 Å². The van der Waals surface area contributed by atoms with E-state index in [1.54, 1.807) is 11.8 Å². The van der Waals surface area contributed by atoms with Crippen molar-refractivity contribution in [1.29, 1.82) is 0 Å². The van der Waals surface area contributed by atoms with E-state index in [2.05, 4.69) is 72.5 Å². The van der Waals surface area contributed by atoms with Gasteiger partial charge in [-0.3, -0.25) is 9.69 Å². The summed E-state index contributed by atoms with van der Waals surface area (Å²) < 4.78 is 1.87. The Morgan fingerprint density at radius 3 is 2.00 bits per heavy atom. The summed E-state index contributed by atoms with van der Waals surface area (Å²) in [5, 5.41) is 4.42. The van der Waals surface area contributed by atoms with Crippen molar-refractivity contribution in [3.05, 3.63) is 77.1 Å². The first-order valence-corrected chi connectivity index (χ1v) is 8.87. The minimum atomic E-state index is -0.0592. The summed E-state index contributed by atoms with van der Waals surface area (Å²) >= 11 is 0. The SMILES string of the molecule is CC(=O)N1c2ncnn2[C@@H](c2ccc(C)cc2)C[C@H]1c1ccc(C)cc1. The molecule has 0 bridgehead atoms. The number of aryl methyl sites for hydroxylation is 2. The molecular weight excluding hydrogens is 324 g/mol. The summed E-state index contributed by atoms with van der Waals surface area (Å²) in [4.78, 5) is 18.6. The molecule has 0 fully saturated rings. The minimum absolute atomic E-state index is 0.0211. The molecule has 2 atom stereocenters. The van der Waals surface area contributed by atoms with Crippen LogP contribution in [-0.2, 0) is 4.79 Å². The zero-order valence-corrected chi connectivity index (χ0v) is 15.3. The van der Waals surface area contributed by atoms with Crippen LogP contribution in [0.3, 0.4) is 0 Å². The van der Waals surface area contributed by atoms with E-state index in [-0.39, 0.29) is 18.0 Å². The summed E-state index contributed by atoms with van der Waals surface area (Å²) in [7, 11) is 0. The fourth-order valence-corrected chi connectivity index (χ4v) is 3.69. The number of fused-ring (bicyclic) bond motifs is 1. The molecule has 2 heterocycles. The zero-order valence-electron chi connectivity index (χ0n) is 15.3. The first-order chi connectivity index (χ1) is 12.5. The third-order valence-electron chi connectivity index (χ3n) is 5.09. The summed E-state index contributed by atoms with van der Waals surface area (Å²) in [6.07, 6.45) is 2.30. The van der Waals surface area contributed by atoms with Gasteiger partial charge in [0.05, 0.1) is 12.1 Å². The molecule has 5 nitrogen and oxygen atoms in total. The molecule has 3 aromatic rings. The molecule has 0 unspecified atom stereocenters. The molecule has 0 spiro atoms. The van der Waals surface area contributed by atoms with Crippen molar-refractivity contribution in [2.45, 2.75) is 39.3 Å². The molecule has 2 aromatic carbocycles. The van der Waals surface area contributed by atoms with Gasteiger partial charge in [0.25, 0.3) is 0 Å². The minimum Gasteiger partial charge on any atom is -0.275 e. The molecule has 0 N–H and O–H groups in total. The molecule has 4 rings (SSSR count). The summed E-state index contributed by atoms with van der Waals surface area (Å²) in [5.74, 6) is 0.590. The normalized spacial score (nSPS) is 19.3. The second-order valence-electron chi connectivity index (χ2n) is 6.98. The van der Waals surface area contributed by atoms with Crippen LogP contribution in [0.5, 0.6) is 0 Å². The van der Waals surface area contributed by atoms with Gasteiger partial charge < -0.3 is 0 Å². The monoisotopic (exact) mass is 346 g/mol. The van der Waals surface area contributed by atoms with Gasteiger partial charge in [0.2, 0.25) is 11.9 Å². The van der Waals surface area contributed by atoms with E-state index in [9.17, 15) is 4.79 Å². The Labute approximate surface area is 153 Å². The Morgan fingerprint density at radius 1 is 0.923 bits per heavy atom. The number of nitrogens with zero attached hydrogens (tertiary/aromatic N) is 4. The average molecular weight is 346 g/mol. The Morgan fingerprint density at radius 2 is 1.46 bits per heavy atom. The predicted molar refractivity (Wildman–Crippen MR) is 101 cm³/mol. The molecule has 0 saturated heterocycles. The average Bonchev–Trinajstić information content (AvgIpc) is 3.11. The Hall–Kier alpha value is -2.95. The van der Waals surface area contributed by atoms with Gasteiger partial charge in [-0.2, -0.15) is 10.1 Å². The van der Waals surface area contributed by atoms with E-state index in [1.165, 1.54) is 23.0 Å². The van der Waals surface area contributed by atoms with Crippen molar-refractivity contribution in [1.82, 2.24) is 14.8 Å². The van der Waals surface area contributed by atoms with Gasteiger partial charge in [0, 0.05) is 6.92 Å². The van der Waals surface area contributed by atoms with Gasteiger partial charge in [-0.25, -0.2) is 4.68 Å². The lowest BCUT2D eigenvalue weighted by Crippen LogP contribution is -2.41. The molecule has 1 amide bonds. The number of hydrogen-bond donors (Lipinski definition) is 0. The highest BCUT2D eigenvalue weighted by Crippen LogP contribution is 2.41. The van der Waals surface area contributed by atoms with Crippen molar-refractivity contribution >= 4 is 11.9 Å². The van der Waals surface area contributed by atoms with Crippen LogP contribution in [0.4, 0.5) is 5.95 Å². The lowest BCUT2D eigenvalue weighted by atomic mass is 9.91. The van der Waals surface area contributed by atoms with Gasteiger partial charge in [0.15, 0.2) is 0 Å². The van der Waals surface area contributed by atoms with Crippen LogP contribution in [0.2, 0.25) is 0 Å². The molecule has 0 aliphatic carbocycles. The van der Waals surface area contributed by atoms with E-state index in [0.29, 0.717) is 5.95 Å². The molecule has 0 radical (unpaired) electrons. The lowest BCUT2D eigenvalue weighted by molar-refractivity contribution is -0.117. The topological polar surface area (TPSA) is 51.0 Å². The number of benzene rings is 2. The number of carbonyl (C=O) groups is 1. The molecular formula is C21H22N4O.